The standard InChI is InChI=1S/C9H18N2O2/c1-2-7(12)6-11-9(13)8-4-3-5-10-8/h7-8,10,12H,2-6H2,1H3,(H,11,13)/t7?,8-/m0/s1. The van der Waals surface area contributed by atoms with Gasteiger partial charge in [-0.15, -0.1) is 0 Å². The Morgan fingerprint density at radius 2 is 2.54 bits per heavy atom. The molecule has 1 saturated heterocycles. The van der Waals surface area contributed by atoms with E-state index in [2.05, 4.69) is 10.6 Å². The highest BCUT2D eigenvalue weighted by atomic mass is 16.3. The lowest BCUT2D eigenvalue weighted by atomic mass is 10.2. The average molecular weight is 186 g/mol. The fraction of sp³-hybridized carbons (Fsp3) is 0.889. The van der Waals surface area contributed by atoms with Crippen LogP contribution in [-0.4, -0.2) is 36.2 Å². The van der Waals surface area contributed by atoms with E-state index in [1.165, 1.54) is 0 Å². The van der Waals surface area contributed by atoms with Gasteiger partial charge in [0.15, 0.2) is 0 Å². The van der Waals surface area contributed by atoms with Gasteiger partial charge in [0.25, 0.3) is 0 Å². The summed E-state index contributed by atoms with van der Waals surface area (Å²) in [6.45, 7) is 3.19. The maximum absolute atomic E-state index is 11.4. The van der Waals surface area contributed by atoms with E-state index in [1.54, 1.807) is 0 Å². The Labute approximate surface area is 78.7 Å². The molecule has 0 aromatic heterocycles. The second-order valence-corrected chi connectivity index (χ2v) is 3.46. The highest BCUT2D eigenvalue weighted by Gasteiger charge is 2.21. The zero-order valence-electron chi connectivity index (χ0n) is 8.05. The third-order valence-electron chi connectivity index (χ3n) is 2.36. The van der Waals surface area contributed by atoms with E-state index in [0.717, 1.165) is 19.4 Å². The second-order valence-electron chi connectivity index (χ2n) is 3.46. The van der Waals surface area contributed by atoms with E-state index in [-0.39, 0.29) is 11.9 Å². The molecule has 0 spiro atoms. The molecule has 2 atom stereocenters. The van der Waals surface area contributed by atoms with E-state index in [4.69, 9.17) is 0 Å². The molecular weight excluding hydrogens is 168 g/mol. The van der Waals surface area contributed by atoms with Crippen LogP contribution in [0.5, 0.6) is 0 Å². The lowest BCUT2D eigenvalue weighted by molar-refractivity contribution is -0.123. The smallest absolute Gasteiger partial charge is 0.237 e. The number of carbonyl (C=O) groups is 1. The van der Waals surface area contributed by atoms with Gasteiger partial charge in [-0.2, -0.15) is 0 Å². The third-order valence-corrected chi connectivity index (χ3v) is 2.36. The minimum atomic E-state index is -0.412. The van der Waals surface area contributed by atoms with Crippen molar-refractivity contribution >= 4 is 5.91 Å². The van der Waals surface area contributed by atoms with Gasteiger partial charge in [-0.25, -0.2) is 0 Å². The summed E-state index contributed by atoms with van der Waals surface area (Å²) in [7, 11) is 0. The molecule has 1 rings (SSSR count). The minimum absolute atomic E-state index is 0.0185. The van der Waals surface area contributed by atoms with Crippen LogP contribution in [0.15, 0.2) is 0 Å². The fourth-order valence-corrected chi connectivity index (χ4v) is 1.39. The van der Waals surface area contributed by atoms with E-state index < -0.39 is 6.10 Å². The number of carbonyl (C=O) groups excluding carboxylic acids is 1. The highest BCUT2D eigenvalue weighted by molar-refractivity contribution is 5.81. The van der Waals surface area contributed by atoms with Crippen molar-refractivity contribution in [1.29, 1.82) is 0 Å². The molecule has 0 radical (unpaired) electrons. The Balaban J connectivity index is 2.16. The molecule has 1 unspecified atom stereocenters. The van der Waals surface area contributed by atoms with Crippen LogP contribution < -0.4 is 10.6 Å². The van der Waals surface area contributed by atoms with Gasteiger partial charge in [-0.3, -0.25) is 4.79 Å². The normalized spacial score (nSPS) is 24.3. The Bertz CT molecular complexity index is 167. The molecule has 1 aliphatic rings. The lowest BCUT2D eigenvalue weighted by Crippen LogP contribution is -2.43. The summed E-state index contributed by atoms with van der Waals surface area (Å²) in [6.07, 6.45) is 2.24. The van der Waals surface area contributed by atoms with Gasteiger partial charge in [0.1, 0.15) is 0 Å². The molecule has 3 N–H and O–H groups in total. The van der Waals surface area contributed by atoms with Crippen LogP contribution in [0.1, 0.15) is 26.2 Å². The number of hydrogen-bond acceptors (Lipinski definition) is 3. The number of nitrogens with one attached hydrogen (secondary N) is 2. The molecule has 1 fully saturated rings. The van der Waals surface area contributed by atoms with Crippen molar-refractivity contribution in [2.75, 3.05) is 13.1 Å². The molecule has 1 aliphatic heterocycles. The van der Waals surface area contributed by atoms with Crippen LogP contribution >= 0.6 is 0 Å². The molecule has 1 amide bonds. The molecule has 13 heavy (non-hydrogen) atoms. The van der Waals surface area contributed by atoms with Gasteiger partial charge < -0.3 is 15.7 Å². The fourth-order valence-electron chi connectivity index (χ4n) is 1.39. The quantitative estimate of drug-likeness (QED) is 0.561. The molecule has 0 aromatic carbocycles. The predicted octanol–water partition coefficient (Wildman–Crippen LogP) is -0.374. The first-order valence-electron chi connectivity index (χ1n) is 4.93. The van der Waals surface area contributed by atoms with Gasteiger partial charge in [0, 0.05) is 6.54 Å². The van der Waals surface area contributed by atoms with Gasteiger partial charge in [-0.1, -0.05) is 6.92 Å². The molecular formula is C9H18N2O2. The summed E-state index contributed by atoms with van der Waals surface area (Å²) in [5.41, 5.74) is 0. The number of aliphatic hydroxyl groups excluding tert-OH is 1. The largest absolute Gasteiger partial charge is 0.391 e. The highest BCUT2D eigenvalue weighted by Crippen LogP contribution is 2.04. The first-order chi connectivity index (χ1) is 6.24. The molecule has 0 saturated carbocycles. The number of hydrogen-bond donors (Lipinski definition) is 3. The first kappa shape index (κ1) is 10.5. The monoisotopic (exact) mass is 186 g/mol. The van der Waals surface area contributed by atoms with Gasteiger partial charge in [-0.05, 0) is 25.8 Å². The van der Waals surface area contributed by atoms with Crippen LogP contribution in [0.4, 0.5) is 0 Å². The third kappa shape index (κ3) is 3.32. The Morgan fingerprint density at radius 1 is 1.77 bits per heavy atom. The van der Waals surface area contributed by atoms with Gasteiger partial charge in [0.2, 0.25) is 5.91 Å². The van der Waals surface area contributed by atoms with Crippen LogP contribution in [0.25, 0.3) is 0 Å². The second kappa shape index (κ2) is 5.19. The van der Waals surface area contributed by atoms with Crippen molar-refractivity contribution in [3.8, 4) is 0 Å². The Kier molecular flexibility index (Phi) is 4.18. The van der Waals surface area contributed by atoms with E-state index in [9.17, 15) is 9.90 Å². The predicted molar refractivity (Wildman–Crippen MR) is 50.3 cm³/mol. The topological polar surface area (TPSA) is 61.4 Å². The maximum atomic E-state index is 11.4. The summed E-state index contributed by atoms with van der Waals surface area (Å²) in [4.78, 5) is 11.4. The zero-order chi connectivity index (χ0) is 9.68. The molecule has 76 valence electrons. The van der Waals surface area contributed by atoms with E-state index >= 15 is 0 Å². The zero-order valence-corrected chi connectivity index (χ0v) is 8.05. The van der Waals surface area contributed by atoms with Crippen molar-refractivity contribution in [1.82, 2.24) is 10.6 Å². The SMILES string of the molecule is CCC(O)CNC(=O)[C@@H]1CCCN1. The molecule has 0 aromatic rings. The molecule has 4 nitrogen and oxygen atoms in total. The van der Waals surface area contributed by atoms with Crippen molar-refractivity contribution in [3.63, 3.8) is 0 Å². The molecule has 4 heteroatoms. The van der Waals surface area contributed by atoms with Gasteiger partial charge >= 0.3 is 0 Å². The van der Waals surface area contributed by atoms with Gasteiger partial charge in [0.05, 0.1) is 12.1 Å². The summed E-state index contributed by atoms with van der Waals surface area (Å²) >= 11 is 0. The van der Waals surface area contributed by atoms with E-state index in [0.29, 0.717) is 13.0 Å². The minimum Gasteiger partial charge on any atom is -0.391 e. The lowest BCUT2D eigenvalue weighted by Gasteiger charge is -2.13. The molecule has 1 heterocycles. The van der Waals surface area contributed by atoms with Crippen molar-refractivity contribution < 1.29 is 9.90 Å². The van der Waals surface area contributed by atoms with Crippen molar-refractivity contribution in [2.24, 2.45) is 0 Å². The Hall–Kier alpha value is -0.610. The number of aliphatic hydroxyl groups is 1. The maximum Gasteiger partial charge on any atom is 0.237 e. The number of rotatable bonds is 4. The Morgan fingerprint density at radius 3 is 3.08 bits per heavy atom. The van der Waals surface area contributed by atoms with Crippen LogP contribution in [0.2, 0.25) is 0 Å². The summed E-state index contributed by atoms with van der Waals surface area (Å²) in [5.74, 6) is 0.0185. The average Bonchev–Trinajstić information content (AvgIpc) is 2.66. The summed E-state index contributed by atoms with van der Waals surface area (Å²) < 4.78 is 0. The van der Waals surface area contributed by atoms with Crippen LogP contribution in [-0.2, 0) is 4.79 Å². The molecule has 0 aliphatic carbocycles. The first-order valence-corrected chi connectivity index (χ1v) is 4.93. The molecule has 0 bridgehead atoms. The summed E-state index contributed by atoms with van der Waals surface area (Å²) in [5, 5.41) is 15.0. The number of amides is 1. The van der Waals surface area contributed by atoms with Crippen LogP contribution in [0.3, 0.4) is 0 Å². The van der Waals surface area contributed by atoms with E-state index in [1.807, 2.05) is 6.92 Å². The van der Waals surface area contributed by atoms with Crippen molar-refractivity contribution in [3.05, 3.63) is 0 Å². The van der Waals surface area contributed by atoms with Crippen molar-refractivity contribution in [2.45, 2.75) is 38.3 Å². The van der Waals surface area contributed by atoms with Crippen LogP contribution in [0, 0.1) is 0 Å². The summed E-state index contributed by atoms with van der Waals surface area (Å²) in [6, 6.07) is -0.0379.